The Labute approximate surface area is 128 Å². The van der Waals surface area contributed by atoms with E-state index in [2.05, 4.69) is 39.4 Å². The van der Waals surface area contributed by atoms with Crippen LogP contribution in [0.3, 0.4) is 0 Å². The Hall–Kier alpha value is -0.540. The van der Waals surface area contributed by atoms with E-state index in [4.69, 9.17) is 4.74 Å². The van der Waals surface area contributed by atoms with Crippen molar-refractivity contribution in [1.82, 2.24) is 5.32 Å². The van der Waals surface area contributed by atoms with E-state index < -0.39 is 0 Å². The molecule has 3 heteroatoms. The SMILES string of the molecule is Brc1ccc2c(c1)C(NC1C3C4CCC(C4)C13)CCO2. The Kier molecular flexibility index (Phi) is 2.55. The van der Waals surface area contributed by atoms with Gasteiger partial charge in [-0.15, -0.1) is 0 Å². The maximum absolute atomic E-state index is 5.80. The fourth-order valence-corrected chi connectivity index (χ4v) is 5.70. The lowest BCUT2D eigenvalue weighted by atomic mass is 9.99. The van der Waals surface area contributed by atoms with Crippen molar-refractivity contribution in [3.8, 4) is 5.75 Å². The van der Waals surface area contributed by atoms with E-state index in [0.29, 0.717) is 6.04 Å². The van der Waals surface area contributed by atoms with Gasteiger partial charge in [-0.1, -0.05) is 15.9 Å². The summed E-state index contributed by atoms with van der Waals surface area (Å²) >= 11 is 3.59. The lowest BCUT2D eigenvalue weighted by Crippen LogP contribution is -2.31. The van der Waals surface area contributed by atoms with Crippen LogP contribution in [0.15, 0.2) is 22.7 Å². The van der Waals surface area contributed by atoms with Crippen LogP contribution in [0.1, 0.15) is 37.3 Å². The summed E-state index contributed by atoms with van der Waals surface area (Å²) in [6, 6.07) is 7.71. The first kappa shape index (κ1) is 12.0. The highest BCUT2D eigenvalue weighted by Crippen LogP contribution is 2.66. The predicted octanol–water partition coefficient (Wildman–Crippen LogP) is 3.91. The van der Waals surface area contributed by atoms with Gasteiger partial charge < -0.3 is 10.1 Å². The molecule has 1 heterocycles. The van der Waals surface area contributed by atoms with E-state index in [1.165, 1.54) is 24.8 Å². The highest BCUT2D eigenvalue weighted by atomic mass is 79.9. The second-order valence-electron chi connectivity index (χ2n) is 7.05. The fourth-order valence-electron chi connectivity index (χ4n) is 5.32. The van der Waals surface area contributed by atoms with Gasteiger partial charge in [0.1, 0.15) is 5.75 Å². The quantitative estimate of drug-likeness (QED) is 0.885. The van der Waals surface area contributed by atoms with Gasteiger partial charge in [-0.05, 0) is 61.1 Å². The number of fused-ring (bicyclic) bond motifs is 6. The molecule has 5 unspecified atom stereocenters. The molecule has 5 rings (SSSR count). The van der Waals surface area contributed by atoms with Crippen LogP contribution in [0.2, 0.25) is 0 Å². The summed E-state index contributed by atoms with van der Waals surface area (Å²) in [5, 5.41) is 3.98. The Morgan fingerprint density at radius 1 is 1.10 bits per heavy atom. The van der Waals surface area contributed by atoms with Crippen molar-refractivity contribution in [2.24, 2.45) is 23.7 Å². The summed E-state index contributed by atoms with van der Waals surface area (Å²) in [6.07, 6.45) is 5.64. The first-order chi connectivity index (χ1) is 9.81. The number of hydrogen-bond donors (Lipinski definition) is 1. The third-order valence-corrected chi connectivity index (χ3v) is 6.63. The number of halogens is 1. The van der Waals surface area contributed by atoms with Gasteiger partial charge in [-0.2, -0.15) is 0 Å². The molecular formula is C17H20BrNO. The Bertz CT molecular complexity index is 544. The number of rotatable bonds is 2. The van der Waals surface area contributed by atoms with Crippen LogP contribution in [0, 0.1) is 23.7 Å². The van der Waals surface area contributed by atoms with E-state index in [9.17, 15) is 0 Å². The van der Waals surface area contributed by atoms with Crippen LogP contribution in [0.25, 0.3) is 0 Å². The molecule has 0 radical (unpaired) electrons. The van der Waals surface area contributed by atoms with Crippen molar-refractivity contribution < 1.29 is 4.74 Å². The molecule has 3 aliphatic carbocycles. The average Bonchev–Trinajstić information content (AvgIpc) is 2.84. The summed E-state index contributed by atoms with van der Waals surface area (Å²) < 4.78 is 6.96. The number of benzene rings is 1. The second kappa shape index (κ2) is 4.23. The Morgan fingerprint density at radius 3 is 2.70 bits per heavy atom. The molecule has 3 fully saturated rings. The summed E-state index contributed by atoms with van der Waals surface area (Å²) in [7, 11) is 0. The number of ether oxygens (including phenoxy) is 1. The molecule has 0 spiro atoms. The third kappa shape index (κ3) is 1.66. The highest BCUT2D eigenvalue weighted by molar-refractivity contribution is 9.10. The first-order valence-corrected chi connectivity index (χ1v) is 8.79. The molecule has 5 atom stereocenters. The van der Waals surface area contributed by atoms with Gasteiger partial charge in [-0.25, -0.2) is 0 Å². The maximum Gasteiger partial charge on any atom is 0.124 e. The number of hydrogen-bond acceptors (Lipinski definition) is 2. The smallest absolute Gasteiger partial charge is 0.124 e. The molecule has 3 saturated carbocycles. The zero-order valence-corrected chi connectivity index (χ0v) is 13.1. The van der Waals surface area contributed by atoms with Crippen molar-refractivity contribution in [3.05, 3.63) is 28.2 Å². The summed E-state index contributed by atoms with van der Waals surface area (Å²) in [5.74, 6) is 5.18. The van der Waals surface area contributed by atoms with Crippen molar-refractivity contribution in [3.63, 3.8) is 0 Å². The van der Waals surface area contributed by atoms with Gasteiger partial charge in [0.15, 0.2) is 0 Å². The van der Waals surface area contributed by atoms with Crippen LogP contribution in [0.5, 0.6) is 5.75 Å². The van der Waals surface area contributed by atoms with Crippen LogP contribution < -0.4 is 10.1 Å². The van der Waals surface area contributed by atoms with Crippen molar-refractivity contribution in [1.29, 1.82) is 0 Å². The first-order valence-electron chi connectivity index (χ1n) is 7.99. The molecule has 0 aromatic heterocycles. The van der Waals surface area contributed by atoms with Crippen LogP contribution in [-0.4, -0.2) is 12.6 Å². The van der Waals surface area contributed by atoms with Crippen LogP contribution in [0.4, 0.5) is 0 Å². The van der Waals surface area contributed by atoms with Crippen molar-refractivity contribution in [2.75, 3.05) is 6.61 Å². The van der Waals surface area contributed by atoms with Crippen LogP contribution in [-0.2, 0) is 0 Å². The van der Waals surface area contributed by atoms with Gasteiger partial charge in [0.05, 0.1) is 6.61 Å². The number of nitrogens with one attached hydrogen (secondary N) is 1. The molecule has 0 saturated heterocycles. The molecule has 2 bridgehead atoms. The minimum Gasteiger partial charge on any atom is -0.493 e. The van der Waals surface area contributed by atoms with Gasteiger partial charge in [0, 0.05) is 28.5 Å². The molecule has 1 aromatic rings. The molecule has 0 amide bonds. The second-order valence-corrected chi connectivity index (χ2v) is 7.97. The molecular weight excluding hydrogens is 314 g/mol. The van der Waals surface area contributed by atoms with Gasteiger partial charge in [-0.3, -0.25) is 0 Å². The monoisotopic (exact) mass is 333 g/mol. The van der Waals surface area contributed by atoms with Crippen molar-refractivity contribution >= 4 is 15.9 Å². The summed E-state index contributed by atoms with van der Waals surface area (Å²) in [5.41, 5.74) is 1.35. The molecule has 106 valence electrons. The molecule has 1 aromatic carbocycles. The zero-order valence-electron chi connectivity index (χ0n) is 11.5. The Morgan fingerprint density at radius 2 is 1.90 bits per heavy atom. The van der Waals surface area contributed by atoms with E-state index in [-0.39, 0.29) is 0 Å². The standard InChI is InChI=1S/C17H20BrNO/c18-11-3-4-14-12(8-11)13(5-6-20-14)19-17-15-9-1-2-10(7-9)16(15)17/h3-4,8-10,13,15-17,19H,1-2,5-7H2. The molecule has 4 aliphatic rings. The fraction of sp³-hybridized carbons (Fsp3) is 0.647. The van der Waals surface area contributed by atoms with Gasteiger partial charge >= 0.3 is 0 Å². The lowest BCUT2D eigenvalue weighted by Gasteiger charge is -2.28. The van der Waals surface area contributed by atoms with Crippen LogP contribution >= 0.6 is 15.9 Å². The Balaban J connectivity index is 1.38. The lowest BCUT2D eigenvalue weighted by molar-refractivity contribution is 0.246. The maximum atomic E-state index is 5.80. The normalized spacial score (nSPS) is 43.9. The topological polar surface area (TPSA) is 21.3 Å². The summed E-state index contributed by atoms with van der Waals surface area (Å²) in [6.45, 7) is 0.848. The molecule has 1 aliphatic heterocycles. The molecule has 2 nitrogen and oxygen atoms in total. The minimum atomic E-state index is 0.492. The average molecular weight is 334 g/mol. The van der Waals surface area contributed by atoms with Crippen molar-refractivity contribution in [2.45, 2.75) is 37.8 Å². The highest BCUT2D eigenvalue weighted by Gasteiger charge is 2.65. The van der Waals surface area contributed by atoms with E-state index in [0.717, 1.165) is 53.0 Å². The largest absolute Gasteiger partial charge is 0.493 e. The van der Waals surface area contributed by atoms with Gasteiger partial charge in [0.25, 0.3) is 0 Å². The molecule has 20 heavy (non-hydrogen) atoms. The molecule has 1 N–H and O–H groups in total. The summed E-state index contributed by atoms with van der Waals surface area (Å²) in [4.78, 5) is 0. The third-order valence-electron chi connectivity index (χ3n) is 6.14. The van der Waals surface area contributed by atoms with E-state index in [1.54, 1.807) is 0 Å². The predicted molar refractivity (Wildman–Crippen MR) is 81.7 cm³/mol. The van der Waals surface area contributed by atoms with E-state index in [1.807, 2.05) is 0 Å². The van der Waals surface area contributed by atoms with Gasteiger partial charge in [0.2, 0.25) is 0 Å². The van der Waals surface area contributed by atoms with E-state index >= 15 is 0 Å². The minimum absolute atomic E-state index is 0.492. The zero-order chi connectivity index (χ0) is 13.3.